The van der Waals surface area contributed by atoms with Gasteiger partial charge in [0.1, 0.15) is 12.1 Å². The van der Waals surface area contributed by atoms with Crippen molar-refractivity contribution in [3.63, 3.8) is 0 Å². The molecule has 0 unspecified atom stereocenters. The van der Waals surface area contributed by atoms with Gasteiger partial charge in [0.25, 0.3) is 0 Å². The number of carboxylic acids is 3. The molecule has 0 spiro atoms. The molecule has 0 aliphatic rings. The van der Waals surface area contributed by atoms with E-state index in [4.69, 9.17) is 26.8 Å². The maximum absolute atomic E-state index is 10.4. The molecule has 0 aromatic heterocycles. The predicted molar refractivity (Wildman–Crippen MR) is 78.2 cm³/mol. The van der Waals surface area contributed by atoms with Crippen LogP contribution in [-0.2, 0) is 20.8 Å². The van der Waals surface area contributed by atoms with E-state index < -0.39 is 30.0 Å². The smallest absolute Gasteiger partial charge is 0.320 e. The van der Waals surface area contributed by atoms with Gasteiger partial charge in [-0.3, -0.25) is 14.4 Å². The summed E-state index contributed by atoms with van der Waals surface area (Å²) in [4.78, 5) is 30.3. The standard InChI is InChI=1S/C9H11NO2.C5H9NO4/c10-8(9(11)12)6-7-4-2-1-3-5-7;6-3(5(9)10)1-2-4(7)8/h1-5,8H,6,10H2,(H,11,12);3H,1-2,6H2,(H,7,8)(H,9,10)/t8-;3-/m00/s1. The molecule has 0 bridgehead atoms. The molecule has 1 aromatic carbocycles. The maximum Gasteiger partial charge on any atom is 0.320 e. The van der Waals surface area contributed by atoms with Crippen LogP contribution in [0.15, 0.2) is 30.3 Å². The molecule has 0 aliphatic heterocycles. The third kappa shape index (κ3) is 9.45. The Kier molecular flexibility index (Phi) is 9.15. The Morgan fingerprint density at radius 3 is 1.82 bits per heavy atom. The minimum absolute atomic E-state index is 0.0231. The minimum atomic E-state index is -1.17. The molecule has 8 heteroatoms. The summed E-state index contributed by atoms with van der Waals surface area (Å²) in [5.74, 6) is -3.16. The fourth-order valence-electron chi connectivity index (χ4n) is 1.36. The van der Waals surface area contributed by atoms with Gasteiger partial charge >= 0.3 is 17.9 Å². The van der Waals surface area contributed by atoms with Crippen LogP contribution in [0.4, 0.5) is 0 Å². The molecule has 0 fully saturated rings. The van der Waals surface area contributed by atoms with E-state index in [-0.39, 0.29) is 12.8 Å². The lowest BCUT2D eigenvalue weighted by Crippen LogP contribution is -2.32. The van der Waals surface area contributed by atoms with Gasteiger partial charge in [0.15, 0.2) is 0 Å². The van der Waals surface area contributed by atoms with Gasteiger partial charge in [-0.15, -0.1) is 0 Å². The average Bonchev–Trinajstić information content (AvgIpc) is 2.46. The summed E-state index contributed by atoms with van der Waals surface area (Å²) in [5.41, 5.74) is 11.3. The molecule has 7 N–H and O–H groups in total. The Balaban J connectivity index is 0.000000409. The quantitative estimate of drug-likeness (QED) is 0.466. The van der Waals surface area contributed by atoms with E-state index in [1.54, 1.807) is 0 Å². The average molecular weight is 312 g/mol. The summed E-state index contributed by atoms with van der Waals surface area (Å²) in [6, 6.07) is 7.48. The second-order valence-electron chi connectivity index (χ2n) is 4.51. The van der Waals surface area contributed by atoms with Crippen molar-refractivity contribution < 1.29 is 29.7 Å². The molecule has 1 rings (SSSR count). The third-order valence-corrected chi connectivity index (χ3v) is 2.60. The van der Waals surface area contributed by atoms with E-state index in [0.717, 1.165) is 5.56 Å². The van der Waals surface area contributed by atoms with Crippen molar-refractivity contribution in [3.05, 3.63) is 35.9 Å². The Bertz CT molecular complexity index is 491. The summed E-state index contributed by atoms with van der Waals surface area (Å²) in [7, 11) is 0. The van der Waals surface area contributed by atoms with Crippen molar-refractivity contribution in [2.75, 3.05) is 0 Å². The highest BCUT2D eigenvalue weighted by Crippen LogP contribution is 2.01. The monoisotopic (exact) mass is 312 g/mol. The summed E-state index contributed by atoms with van der Waals surface area (Å²) >= 11 is 0. The number of nitrogens with two attached hydrogens (primary N) is 2. The van der Waals surface area contributed by atoms with Crippen LogP contribution in [0.1, 0.15) is 18.4 Å². The van der Waals surface area contributed by atoms with E-state index >= 15 is 0 Å². The van der Waals surface area contributed by atoms with Crippen LogP contribution in [0.5, 0.6) is 0 Å². The van der Waals surface area contributed by atoms with E-state index in [9.17, 15) is 14.4 Å². The zero-order valence-electron chi connectivity index (χ0n) is 11.9. The molecule has 0 radical (unpaired) electrons. The molecule has 0 heterocycles. The largest absolute Gasteiger partial charge is 0.481 e. The van der Waals surface area contributed by atoms with Crippen molar-refractivity contribution in [3.8, 4) is 0 Å². The first-order chi connectivity index (χ1) is 10.2. The lowest BCUT2D eigenvalue weighted by atomic mass is 10.1. The van der Waals surface area contributed by atoms with Crippen molar-refractivity contribution in [2.45, 2.75) is 31.3 Å². The third-order valence-electron chi connectivity index (χ3n) is 2.60. The highest BCUT2D eigenvalue weighted by Gasteiger charge is 2.12. The van der Waals surface area contributed by atoms with Crippen LogP contribution in [0.2, 0.25) is 0 Å². The van der Waals surface area contributed by atoms with E-state index in [1.807, 2.05) is 30.3 Å². The lowest BCUT2D eigenvalue weighted by molar-refractivity contribution is -0.140. The van der Waals surface area contributed by atoms with Gasteiger partial charge in [-0.05, 0) is 18.4 Å². The first-order valence-electron chi connectivity index (χ1n) is 6.46. The number of benzene rings is 1. The molecular formula is C14H20N2O6. The highest BCUT2D eigenvalue weighted by molar-refractivity contribution is 5.74. The fraction of sp³-hybridized carbons (Fsp3) is 0.357. The van der Waals surface area contributed by atoms with E-state index in [0.29, 0.717) is 6.42 Å². The van der Waals surface area contributed by atoms with Crippen molar-refractivity contribution in [1.82, 2.24) is 0 Å². The summed E-state index contributed by atoms with van der Waals surface area (Å²) in [5, 5.41) is 24.8. The molecule has 0 saturated heterocycles. The van der Waals surface area contributed by atoms with Gasteiger partial charge in [-0.2, -0.15) is 0 Å². The van der Waals surface area contributed by atoms with Gasteiger partial charge in [0.05, 0.1) is 0 Å². The molecular weight excluding hydrogens is 292 g/mol. The topological polar surface area (TPSA) is 164 Å². The SMILES string of the molecule is N[C@@H](CCC(=O)O)C(=O)O.N[C@@H](Cc1ccccc1)C(=O)O. The summed E-state index contributed by atoms with van der Waals surface area (Å²) in [6.07, 6.45) is 0.161. The Labute approximate surface area is 127 Å². The van der Waals surface area contributed by atoms with Gasteiger partial charge in [-0.25, -0.2) is 0 Å². The van der Waals surface area contributed by atoms with Gasteiger partial charge in [0, 0.05) is 6.42 Å². The highest BCUT2D eigenvalue weighted by atomic mass is 16.4. The van der Waals surface area contributed by atoms with E-state index in [2.05, 4.69) is 0 Å². The Morgan fingerprint density at radius 2 is 1.41 bits per heavy atom. The van der Waals surface area contributed by atoms with Crippen LogP contribution >= 0.6 is 0 Å². The second kappa shape index (κ2) is 10.3. The van der Waals surface area contributed by atoms with Gasteiger partial charge in [0.2, 0.25) is 0 Å². The minimum Gasteiger partial charge on any atom is -0.481 e. The van der Waals surface area contributed by atoms with Crippen molar-refractivity contribution in [1.29, 1.82) is 0 Å². The lowest BCUT2D eigenvalue weighted by Gasteiger charge is -2.04. The summed E-state index contributed by atoms with van der Waals surface area (Å²) in [6.45, 7) is 0. The van der Waals surface area contributed by atoms with Crippen LogP contribution in [-0.4, -0.2) is 45.3 Å². The molecule has 122 valence electrons. The number of aliphatic carboxylic acids is 3. The maximum atomic E-state index is 10.4. The number of carboxylic acid groups (broad SMARTS) is 3. The number of hydrogen-bond acceptors (Lipinski definition) is 5. The van der Waals surface area contributed by atoms with Crippen LogP contribution in [0.3, 0.4) is 0 Å². The van der Waals surface area contributed by atoms with Crippen molar-refractivity contribution in [2.24, 2.45) is 11.5 Å². The molecule has 2 atom stereocenters. The predicted octanol–water partition coefficient (Wildman–Crippen LogP) is -0.0959. The Hall–Kier alpha value is -2.45. The number of rotatable bonds is 7. The molecule has 1 aromatic rings. The molecule has 0 amide bonds. The molecule has 0 aliphatic carbocycles. The number of hydrogen-bond donors (Lipinski definition) is 5. The first kappa shape index (κ1) is 19.6. The normalized spacial score (nSPS) is 12.5. The van der Waals surface area contributed by atoms with E-state index in [1.165, 1.54) is 0 Å². The van der Waals surface area contributed by atoms with Crippen LogP contribution in [0, 0.1) is 0 Å². The summed E-state index contributed by atoms with van der Waals surface area (Å²) < 4.78 is 0. The van der Waals surface area contributed by atoms with Crippen molar-refractivity contribution >= 4 is 17.9 Å². The second-order valence-corrected chi connectivity index (χ2v) is 4.51. The molecule has 0 saturated carbocycles. The Morgan fingerprint density at radius 1 is 0.909 bits per heavy atom. The first-order valence-corrected chi connectivity index (χ1v) is 6.46. The molecule has 22 heavy (non-hydrogen) atoms. The molecule has 8 nitrogen and oxygen atoms in total. The van der Waals surface area contributed by atoms with Gasteiger partial charge in [-0.1, -0.05) is 30.3 Å². The zero-order chi connectivity index (χ0) is 17.1. The van der Waals surface area contributed by atoms with Crippen LogP contribution in [0.25, 0.3) is 0 Å². The number of carbonyl (C=O) groups is 3. The zero-order valence-corrected chi connectivity index (χ0v) is 11.9. The van der Waals surface area contributed by atoms with Gasteiger partial charge < -0.3 is 26.8 Å². The van der Waals surface area contributed by atoms with Crippen LogP contribution < -0.4 is 11.5 Å². The fourth-order valence-corrected chi connectivity index (χ4v) is 1.36.